The number of nitrogens with zero attached hydrogens (tertiary/aromatic N) is 4. The molecule has 2 bridgehead atoms. The van der Waals surface area contributed by atoms with E-state index in [0.717, 1.165) is 49.3 Å². The molecule has 7 heteroatoms. The normalized spacial score (nSPS) is 24.8. The van der Waals surface area contributed by atoms with E-state index in [4.69, 9.17) is 0 Å². The second-order valence-corrected chi connectivity index (χ2v) is 8.62. The summed E-state index contributed by atoms with van der Waals surface area (Å²) in [6.45, 7) is 3.19. The number of aromatic nitrogens is 3. The number of fused-ring (bicyclic) bond motifs is 3. The zero-order valence-electron chi connectivity index (χ0n) is 17.4. The summed E-state index contributed by atoms with van der Waals surface area (Å²) in [7, 11) is 0. The molecule has 31 heavy (non-hydrogen) atoms. The molecule has 0 aliphatic carbocycles. The number of nitrogens with one attached hydrogen (secondary N) is 1. The number of carbonyl (C=O) groups is 1. The number of phenolic OH excluding ortho intramolecular Hbond substituents is 1. The summed E-state index contributed by atoms with van der Waals surface area (Å²) in [5.74, 6) is 0.871. The Kier molecular flexibility index (Phi) is 5.42. The third kappa shape index (κ3) is 4.32. The average molecular weight is 418 g/mol. The Labute approximate surface area is 181 Å². The van der Waals surface area contributed by atoms with Crippen molar-refractivity contribution in [2.75, 3.05) is 13.1 Å². The molecule has 160 valence electrons. The maximum absolute atomic E-state index is 12.8. The van der Waals surface area contributed by atoms with E-state index in [-0.39, 0.29) is 17.6 Å². The number of piperidine rings is 3. The molecule has 2 aromatic carbocycles. The molecule has 1 amide bonds. The second kappa shape index (κ2) is 8.51. The van der Waals surface area contributed by atoms with Gasteiger partial charge in [-0.2, -0.15) is 0 Å². The van der Waals surface area contributed by atoms with Crippen molar-refractivity contribution in [3.05, 3.63) is 66.4 Å². The highest BCUT2D eigenvalue weighted by Crippen LogP contribution is 2.37. The molecule has 3 aliphatic heterocycles. The molecular formula is C24H27N5O2. The highest BCUT2D eigenvalue weighted by atomic mass is 16.3. The van der Waals surface area contributed by atoms with Gasteiger partial charge in [0.1, 0.15) is 11.4 Å². The highest BCUT2D eigenvalue weighted by molar-refractivity contribution is 5.79. The highest BCUT2D eigenvalue weighted by Gasteiger charge is 2.43. The van der Waals surface area contributed by atoms with Crippen LogP contribution in [0.15, 0.2) is 60.8 Å². The van der Waals surface area contributed by atoms with Crippen molar-refractivity contribution in [3.63, 3.8) is 0 Å². The van der Waals surface area contributed by atoms with Crippen molar-refractivity contribution in [3.8, 4) is 17.0 Å². The minimum absolute atomic E-state index is 0.0623. The maximum atomic E-state index is 12.8. The third-order valence-corrected chi connectivity index (χ3v) is 6.60. The largest absolute Gasteiger partial charge is 0.508 e. The van der Waals surface area contributed by atoms with Gasteiger partial charge in [-0.3, -0.25) is 14.4 Å². The molecule has 1 aromatic heterocycles. The van der Waals surface area contributed by atoms with E-state index in [9.17, 15) is 9.90 Å². The molecule has 0 spiro atoms. The fraction of sp³-hybridized carbons (Fsp3) is 0.375. The van der Waals surface area contributed by atoms with E-state index in [1.54, 1.807) is 18.2 Å². The SMILES string of the molecule is O=C(NCc1ccccc1)[C@H]1CN2CCC1C[C@@H]2Cn1cc(-c2cccc(O)c2)nn1. The average Bonchev–Trinajstić information content (AvgIpc) is 3.27. The third-order valence-electron chi connectivity index (χ3n) is 6.60. The van der Waals surface area contributed by atoms with Gasteiger partial charge in [-0.25, -0.2) is 0 Å². The fourth-order valence-electron chi connectivity index (χ4n) is 4.94. The van der Waals surface area contributed by atoms with Crippen LogP contribution in [-0.2, 0) is 17.9 Å². The molecule has 0 radical (unpaired) electrons. The van der Waals surface area contributed by atoms with Crippen LogP contribution in [-0.4, -0.2) is 50.0 Å². The predicted octanol–water partition coefficient (Wildman–Crippen LogP) is 2.68. The number of hydrogen-bond donors (Lipinski definition) is 2. The van der Waals surface area contributed by atoms with Gasteiger partial charge in [0.2, 0.25) is 5.91 Å². The van der Waals surface area contributed by atoms with E-state index in [2.05, 4.69) is 20.5 Å². The number of phenols is 1. The lowest BCUT2D eigenvalue weighted by molar-refractivity contribution is -0.133. The molecule has 3 aromatic rings. The van der Waals surface area contributed by atoms with Crippen LogP contribution in [0.4, 0.5) is 0 Å². The van der Waals surface area contributed by atoms with Crippen LogP contribution in [0.25, 0.3) is 11.3 Å². The van der Waals surface area contributed by atoms with E-state index in [0.29, 0.717) is 18.5 Å². The summed E-state index contributed by atoms with van der Waals surface area (Å²) in [6, 6.07) is 17.5. The van der Waals surface area contributed by atoms with Gasteiger partial charge in [0.05, 0.1) is 18.7 Å². The van der Waals surface area contributed by atoms with E-state index < -0.39 is 0 Å². The Morgan fingerprint density at radius 1 is 1.16 bits per heavy atom. The van der Waals surface area contributed by atoms with Crippen LogP contribution in [0, 0.1) is 11.8 Å². The predicted molar refractivity (Wildman–Crippen MR) is 117 cm³/mol. The quantitative estimate of drug-likeness (QED) is 0.644. The first kappa shape index (κ1) is 19.8. The number of amides is 1. The van der Waals surface area contributed by atoms with Gasteiger partial charge in [0.15, 0.2) is 0 Å². The molecule has 3 fully saturated rings. The Morgan fingerprint density at radius 2 is 2.03 bits per heavy atom. The second-order valence-electron chi connectivity index (χ2n) is 8.62. The topological polar surface area (TPSA) is 83.3 Å². The summed E-state index contributed by atoms with van der Waals surface area (Å²) in [4.78, 5) is 15.3. The van der Waals surface area contributed by atoms with Crippen molar-refractivity contribution < 1.29 is 9.90 Å². The maximum Gasteiger partial charge on any atom is 0.224 e. The summed E-state index contributed by atoms with van der Waals surface area (Å²) in [6.07, 6.45) is 4.01. The zero-order chi connectivity index (χ0) is 21.2. The van der Waals surface area contributed by atoms with Gasteiger partial charge >= 0.3 is 0 Å². The van der Waals surface area contributed by atoms with Gasteiger partial charge in [-0.1, -0.05) is 47.7 Å². The van der Waals surface area contributed by atoms with Gasteiger partial charge in [-0.15, -0.1) is 5.10 Å². The summed E-state index contributed by atoms with van der Waals surface area (Å²) in [5, 5.41) is 21.4. The lowest BCUT2D eigenvalue weighted by Crippen LogP contribution is -2.57. The molecule has 4 heterocycles. The minimum atomic E-state index is 0.0623. The number of benzene rings is 2. The molecule has 0 saturated carbocycles. The minimum Gasteiger partial charge on any atom is -0.508 e. The molecular weight excluding hydrogens is 390 g/mol. The first-order chi connectivity index (χ1) is 15.2. The molecule has 2 N–H and O–H groups in total. The monoisotopic (exact) mass is 417 g/mol. The smallest absolute Gasteiger partial charge is 0.224 e. The molecule has 2 unspecified atom stereocenters. The lowest BCUT2D eigenvalue weighted by atomic mass is 9.75. The zero-order valence-corrected chi connectivity index (χ0v) is 17.4. The van der Waals surface area contributed by atoms with Gasteiger partial charge in [0.25, 0.3) is 0 Å². The number of carbonyl (C=O) groups excluding carboxylic acids is 1. The molecule has 4 atom stereocenters. The van der Waals surface area contributed by atoms with Crippen molar-refractivity contribution in [1.29, 1.82) is 0 Å². The van der Waals surface area contributed by atoms with Crippen molar-refractivity contribution in [2.45, 2.75) is 32.0 Å². The van der Waals surface area contributed by atoms with Crippen molar-refractivity contribution >= 4 is 5.91 Å². The lowest BCUT2D eigenvalue weighted by Gasteiger charge is -2.49. The number of rotatable bonds is 6. The first-order valence-electron chi connectivity index (χ1n) is 10.9. The van der Waals surface area contributed by atoms with Crippen LogP contribution in [0.5, 0.6) is 5.75 Å². The Balaban J connectivity index is 1.19. The summed E-state index contributed by atoms with van der Waals surface area (Å²) < 4.78 is 1.88. The van der Waals surface area contributed by atoms with Gasteiger partial charge < -0.3 is 10.4 Å². The molecule has 7 nitrogen and oxygen atoms in total. The van der Waals surface area contributed by atoms with Gasteiger partial charge in [0, 0.05) is 24.7 Å². The van der Waals surface area contributed by atoms with Crippen LogP contribution < -0.4 is 5.32 Å². The van der Waals surface area contributed by atoms with Crippen LogP contribution >= 0.6 is 0 Å². The standard InChI is InChI=1S/C24H27N5O2/c30-21-8-4-7-19(12-21)23-16-29(27-26-23)14-20-11-18-9-10-28(20)15-22(18)24(31)25-13-17-5-2-1-3-6-17/h1-8,12,16,18,20,22,30H,9-11,13-15H2,(H,25,31)/t18?,20-,22+/m1/s1. The fourth-order valence-corrected chi connectivity index (χ4v) is 4.94. The first-order valence-corrected chi connectivity index (χ1v) is 10.9. The van der Waals surface area contributed by atoms with Crippen LogP contribution in [0.2, 0.25) is 0 Å². The summed E-state index contributed by atoms with van der Waals surface area (Å²) >= 11 is 0. The number of hydrogen-bond acceptors (Lipinski definition) is 5. The molecule has 3 saturated heterocycles. The van der Waals surface area contributed by atoms with Gasteiger partial charge in [-0.05, 0) is 43.0 Å². The number of aromatic hydroxyl groups is 1. The van der Waals surface area contributed by atoms with Crippen molar-refractivity contribution in [2.24, 2.45) is 11.8 Å². The van der Waals surface area contributed by atoms with Crippen LogP contribution in [0.1, 0.15) is 18.4 Å². The van der Waals surface area contributed by atoms with E-state index in [1.807, 2.05) is 47.3 Å². The van der Waals surface area contributed by atoms with Crippen LogP contribution in [0.3, 0.4) is 0 Å². The van der Waals surface area contributed by atoms with E-state index in [1.165, 1.54) is 0 Å². The van der Waals surface area contributed by atoms with E-state index >= 15 is 0 Å². The Bertz CT molecular complexity index is 1050. The Hall–Kier alpha value is -3.19. The van der Waals surface area contributed by atoms with Crippen molar-refractivity contribution in [1.82, 2.24) is 25.2 Å². The molecule has 6 rings (SSSR count). The Morgan fingerprint density at radius 3 is 2.81 bits per heavy atom. The molecule has 3 aliphatic rings. The summed E-state index contributed by atoms with van der Waals surface area (Å²) in [5.41, 5.74) is 2.74.